The lowest BCUT2D eigenvalue weighted by Gasteiger charge is -2.44. The van der Waals surface area contributed by atoms with Gasteiger partial charge in [0.05, 0.1) is 0 Å². The highest BCUT2D eigenvalue weighted by Crippen LogP contribution is 2.39. The first-order chi connectivity index (χ1) is 10.7. The minimum Gasteiger partial charge on any atom is -0.341 e. The Balaban J connectivity index is 1.79. The van der Waals surface area contributed by atoms with Crippen molar-refractivity contribution >= 4 is 5.91 Å². The summed E-state index contributed by atoms with van der Waals surface area (Å²) in [5, 5.41) is 0. The number of aryl methyl sites for hydroxylation is 1. The molecule has 1 aromatic carbocycles. The summed E-state index contributed by atoms with van der Waals surface area (Å²) < 4.78 is 0. The lowest BCUT2D eigenvalue weighted by molar-refractivity contribution is -0.147. The van der Waals surface area contributed by atoms with Gasteiger partial charge in [0.1, 0.15) is 5.54 Å². The molecule has 1 atom stereocenters. The summed E-state index contributed by atoms with van der Waals surface area (Å²) in [6, 6.07) is 8.76. The van der Waals surface area contributed by atoms with E-state index in [0.29, 0.717) is 5.91 Å². The normalized spacial score (nSPS) is 26.1. The molecule has 1 aromatic rings. The van der Waals surface area contributed by atoms with Crippen molar-refractivity contribution in [2.75, 3.05) is 19.6 Å². The maximum atomic E-state index is 13.1. The van der Waals surface area contributed by atoms with Crippen LogP contribution in [0.2, 0.25) is 0 Å². The quantitative estimate of drug-likeness (QED) is 0.851. The number of carbonyl (C=O) groups is 1. The van der Waals surface area contributed by atoms with Crippen LogP contribution in [0.25, 0.3) is 0 Å². The Morgan fingerprint density at radius 3 is 2.45 bits per heavy atom. The number of benzene rings is 1. The number of likely N-dealkylation sites (tertiary alicyclic amines) is 2. The average molecular weight is 300 g/mol. The van der Waals surface area contributed by atoms with Crippen LogP contribution in [0, 0.1) is 6.92 Å². The minimum absolute atomic E-state index is 0.210. The van der Waals surface area contributed by atoms with Gasteiger partial charge < -0.3 is 4.90 Å². The zero-order chi connectivity index (χ0) is 15.6. The Bertz CT molecular complexity index is 523. The highest BCUT2D eigenvalue weighted by molar-refractivity contribution is 5.87. The van der Waals surface area contributed by atoms with Gasteiger partial charge in [0.2, 0.25) is 5.91 Å². The van der Waals surface area contributed by atoms with Gasteiger partial charge >= 0.3 is 0 Å². The fourth-order valence-corrected chi connectivity index (χ4v) is 4.15. The predicted molar refractivity (Wildman–Crippen MR) is 89.7 cm³/mol. The van der Waals surface area contributed by atoms with Gasteiger partial charge in [-0.1, -0.05) is 36.8 Å². The maximum absolute atomic E-state index is 13.1. The van der Waals surface area contributed by atoms with E-state index in [-0.39, 0.29) is 5.54 Å². The van der Waals surface area contributed by atoms with Crippen molar-refractivity contribution < 1.29 is 4.79 Å². The molecule has 2 aliphatic heterocycles. The third kappa shape index (κ3) is 2.79. The van der Waals surface area contributed by atoms with E-state index in [2.05, 4.69) is 47.9 Å². The number of nitrogens with zero attached hydrogens (tertiary/aromatic N) is 2. The van der Waals surface area contributed by atoms with Gasteiger partial charge in [-0.2, -0.15) is 0 Å². The second-order valence-electron chi connectivity index (χ2n) is 6.94. The van der Waals surface area contributed by atoms with E-state index >= 15 is 0 Å². The van der Waals surface area contributed by atoms with Crippen molar-refractivity contribution in [2.24, 2.45) is 0 Å². The Hall–Kier alpha value is -1.35. The third-order valence-corrected chi connectivity index (χ3v) is 5.31. The molecule has 1 spiro atoms. The van der Waals surface area contributed by atoms with Gasteiger partial charge in [0.25, 0.3) is 0 Å². The van der Waals surface area contributed by atoms with Crippen LogP contribution in [0.5, 0.6) is 0 Å². The third-order valence-electron chi connectivity index (χ3n) is 5.31. The van der Waals surface area contributed by atoms with Crippen molar-refractivity contribution in [3.8, 4) is 0 Å². The molecule has 3 nitrogen and oxygen atoms in total. The molecule has 1 amide bonds. The fourth-order valence-electron chi connectivity index (χ4n) is 4.15. The van der Waals surface area contributed by atoms with E-state index in [1.54, 1.807) is 0 Å². The summed E-state index contributed by atoms with van der Waals surface area (Å²) in [6.45, 7) is 8.11. The van der Waals surface area contributed by atoms with Gasteiger partial charge in [0.15, 0.2) is 0 Å². The van der Waals surface area contributed by atoms with E-state index < -0.39 is 0 Å². The summed E-state index contributed by atoms with van der Waals surface area (Å²) in [4.78, 5) is 17.6. The fraction of sp³-hybridized carbons (Fsp3) is 0.632. The summed E-state index contributed by atoms with van der Waals surface area (Å²) in [6.07, 6.45) is 5.43. The standard InChI is InChI=1S/C19H28N2O/c1-3-12-20-13-4-10-19(18(20)22)11-5-14-21(19)15-17-8-6-16(2)7-9-17/h6-9H,3-5,10-15H2,1-2H3. The number of amides is 1. The van der Waals surface area contributed by atoms with E-state index in [4.69, 9.17) is 0 Å². The molecule has 0 aromatic heterocycles. The molecular weight excluding hydrogens is 272 g/mol. The zero-order valence-electron chi connectivity index (χ0n) is 14.0. The van der Waals surface area contributed by atoms with Crippen molar-refractivity contribution in [2.45, 2.75) is 58.0 Å². The summed E-state index contributed by atoms with van der Waals surface area (Å²) in [5.74, 6) is 0.394. The van der Waals surface area contributed by atoms with Gasteiger partial charge in [0, 0.05) is 19.6 Å². The summed E-state index contributed by atoms with van der Waals surface area (Å²) >= 11 is 0. The molecule has 2 aliphatic rings. The Morgan fingerprint density at radius 2 is 1.77 bits per heavy atom. The number of hydrogen-bond donors (Lipinski definition) is 0. The van der Waals surface area contributed by atoms with Gasteiger partial charge in [-0.25, -0.2) is 0 Å². The highest BCUT2D eigenvalue weighted by Gasteiger charge is 2.50. The summed E-state index contributed by atoms with van der Waals surface area (Å²) in [7, 11) is 0. The van der Waals surface area contributed by atoms with E-state index in [1.165, 1.54) is 11.1 Å². The van der Waals surface area contributed by atoms with Crippen LogP contribution < -0.4 is 0 Å². The molecule has 22 heavy (non-hydrogen) atoms. The molecule has 3 heteroatoms. The van der Waals surface area contributed by atoms with Gasteiger partial charge in [-0.15, -0.1) is 0 Å². The molecule has 1 unspecified atom stereocenters. The Kier molecular flexibility index (Phi) is 4.53. The van der Waals surface area contributed by atoms with Crippen molar-refractivity contribution in [3.05, 3.63) is 35.4 Å². The SMILES string of the molecule is CCCN1CCCC2(CCCN2Cc2ccc(C)cc2)C1=O. The van der Waals surface area contributed by atoms with E-state index in [1.807, 2.05) is 0 Å². The molecule has 0 N–H and O–H groups in total. The molecule has 120 valence electrons. The van der Waals surface area contributed by atoms with Crippen LogP contribution in [0.3, 0.4) is 0 Å². The zero-order valence-corrected chi connectivity index (χ0v) is 14.0. The van der Waals surface area contributed by atoms with Crippen LogP contribution in [-0.2, 0) is 11.3 Å². The molecule has 3 rings (SSSR count). The number of hydrogen-bond acceptors (Lipinski definition) is 2. The molecule has 0 saturated carbocycles. The first-order valence-electron chi connectivity index (χ1n) is 8.76. The lowest BCUT2D eigenvalue weighted by Crippen LogP contribution is -2.59. The van der Waals surface area contributed by atoms with Crippen LogP contribution >= 0.6 is 0 Å². The van der Waals surface area contributed by atoms with Crippen molar-refractivity contribution in [3.63, 3.8) is 0 Å². The lowest BCUT2D eigenvalue weighted by atomic mass is 9.85. The number of piperidine rings is 1. The molecule has 0 radical (unpaired) electrons. The van der Waals surface area contributed by atoms with E-state index in [0.717, 1.165) is 58.3 Å². The predicted octanol–water partition coefficient (Wildman–Crippen LogP) is 3.36. The maximum Gasteiger partial charge on any atom is 0.243 e. The van der Waals surface area contributed by atoms with Crippen LogP contribution in [0.4, 0.5) is 0 Å². The molecular formula is C19H28N2O. The largest absolute Gasteiger partial charge is 0.341 e. The average Bonchev–Trinajstić information content (AvgIpc) is 2.90. The molecule has 2 saturated heterocycles. The second kappa shape index (κ2) is 6.41. The Morgan fingerprint density at radius 1 is 1.09 bits per heavy atom. The van der Waals surface area contributed by atoms with E-state index in [9.17, 15) is 4.79 Å². The monoisotopic (exact) mass is 300 g/mol. The smallest absolute Gasteiger partial charge is 0.243 e. The van der Waals surface area contributed by atoms with Crippen LogP contribution in [0.1, 0.15) is 50.2 Å². The number of rotatable bonds is 4. The van der Waals surface area contributed by atoms with Crippen LogP contribution in [-0.4, -0.2) is 40.9 Å². The van der Waals surface area contributed by atoms with Crippen molar-refractivity contribution in [1.29, 1.82) is 0 Å². The topological polar surface area (TPSA) is 23.6 Å². The van der Waals surface area contributed by atoms with Gasteiger partial charge in [-0.05, 0) is 51.1 Å². The first kappa shape index (κ1) is 15.5. The minimum atomic E-state index is -0.210. The molecule has 2 heterocycles. The van der Waals surface area contributed by atoms with Gasteiger partial charge in [-0.3, -0.25) is 9.69 Å². The molecule has 0 bridgehead atoms. The second-order valence-corrected chi connectivity index (χ2v) is 6.94. The molecule has 2 fully saturated rings. The van der Waals surface area contributed by atoms with Crippen LogP contribution in [0.15, 0.2) is 24.3 Å². The number of carbonyl (C=O) groups excluding carboxylic acids is 1. The van der Waals surface area contributed by atoms with Crippen molar-refractivity contribution in [1.82, 2.24) is 9.80 Å². The Labute approximate surface area is 134 Å². The first-order valence-corrected chi connectivity index (χ1v) is 8.76. The molecule has 0 aliphatic carbocycles. The highest BCUT2D eigenvalue weighted by atomic mass is 16.2. The summed E-state index contributed by atoms with van der Waals surface area (Å²) in [5.41, 5.74) is 2.41.